The third kappa shape index (κ3) is 2.79. The van der Waals surface area contributed by atoms with Gasteiger partial charge in [-0.3, -0.25) is 0 Å². The molecule has 0 aliphatic carbocycles. The van der Waals surface area contributed by atoms with E-state index in [-0.39, 0.29) is 6.61 Å². The molecule has 0 saturated heterocycles. The zero-order chi connectivity index (χ0) is 12.3. The lowest BCUT2D eigenvalue weighted by atomic mass is 10.2. The van der Waals surface area contributed by atoms with Gasteiger partial charge in [0.2, 0.25) is 0 Å². The standard InChI is InChI=1S/C13H16ClNOS/c1-2-17-6-5-15-8-10(9-16)12-4-3-11(14)7-13(12)15/h3-4,7-8,16H,2,5-6,9H2,1H3. The molecule has 2 aromatic rings. The van der Waals surface area contributed by atoms with Crippen LogP contribution in [0.1, 0.15) is 12.5 Å². The summed E-state index contributed by atoms with van der Waals surface area (Å²) in [6.45, 7) is 3.19. The van der Waals surface area contributed by atoms with Crippen molar-refractivity contribution in [2.24, 2.45) is 0 Å². The molecule has 0 fully saturated rings. The van der Waals surface area contributed by atoms with E-state index < -0.39 is 0 Å². The molecule has 0 radical (unpaired) electrons. The Morgan fingerprint density at radius 2 is 2.24 bits per heavy atom. The number of halogens is 1. The van der Waals surface area contributed by atoms with Gasteiger partial charge in [0.1, 0.15) is 0 Å². The Balaban J connectivity index is 2.36. The highest BCUT2D eigenvalue weighted by Crippen LogP contribution is 2.25. The van der Waals surface area contributed by atoms with Gasteiger partial charge in [-0.1, -0.05) is 24.6 Å². The number of nitrogens with zero attached hydrogens (tertiary/aromatic N) is 1. The van der Waals surface area contributed by atoms with Gasteiger partial charge in [0, 0.05) is 40.0 Å². The first-order valence-corrected chi connectivity index (χ1v) is 7.25. The summed E-state index contributed by atoms with van der Waals surface area (Å²) in [6.07, 6.45) is 2.03. The largest absolute Gasteiger partial charge is 0.392 e. The summed E-state index contributed by atoms with van der Waals surface area (Å²) in [7, 11) is 0. The minimum atomic E-state index is 0.0754. The second-order valence-corrected chi connectivity index (χ2v) is 5.69. The van der Waals surface area contributed by atoms with Crippen LogP contribution in [0.5, 0.6) is 0 Å². The van der Waals surface area contributed by atoms with Crippen LogP contribution in [0.3, 0.4) is 0 Å². The molecule has 92 valence electrons. The predicted molar refractivity (Wildman–Crippen MR) is 75.9 cm³/mol. The average Bonchev–Trinajstić information content (AvgIpc) is 2.67. The first kappa shape index (κ1) is 12.8. The number of aliphatic hydroxyl groups is 1. The monoisotopic (exact) mass is 269 g/mol. The molecular formula is C13H16ClNOS. The molecule has 4 heteroatoms. The molecule has 2 rings (SSSR count). The van der Waals surface area contributed by atoms with E-state index in [9.17, 15) is 5.11 Å². The first-order valence-electron chi connectivity index (χ1n) is 5.72. The molecule has 1 heterocycles. The van der Waals surface area contributed by atoms with E-state index in [1.165, 1.54) is 0 Å². The highest BCUT2D eigenvalue weighted by atomic mass is 35.5. The van der Waals surface area contributed by atoms with E-state index in [4.69, 9.17) is 11.6 Å². The molecule has 0 amide bonds. The highest BCUT2D eigenvalue weighted by Gasteiger charge is 2.07. The number of fused-ring (bicyclic) bond motifs is 1. The summed E-state index contributed by atoms with van der Waals surface area (Å²) >= 11 is 7.94. The van der Waals surface area contributed by atoms with Crippen molar-refractivity contribution >= 4 is 34.3 Å². The van der Waals surface area contributed by atoms with Crippen molar-refractivity contribution in [3.05, 3.63) is 35.0 Å². The molecule has 0 aliphatic heterocycles. The van der Waals surface area contributed by atoms with Crippen molar-refractivity contribution in [3.8, 4) is 0 Å². The fraction of sp³-hybridized carbons (Fsp3) is 0.385. The van der Waals surface area contributed by atoms with Crippen molar-refractivity contribution in [2.45, 2.75) is 20.1 Å². The lowest BCUT2D eigenvalue weighted by Gasteiger charge is -2.04. The van der Waals surface area contributed by atoms with E-state index in [2.05, 4.69) is 11.5 Å². The molecule has 0 atom stereocenters. The van der Waals surface area contributed by atoms with Crippen molar-refractivity contribution in [3.63, 3.8) is 0 Å². The quantitative estimate of drug-likeness (QED) is 0.840. The van der Waals surface area contributed by atoms with Gasteiger partial charge in [0.25, 0.3) is 0 Å². The number of hydrogen-bond donors (Lipinski definition) is 1. The summed E-state index contributed by atoms with van der Waals surface area (Å²) in [4.78, 5) is 0. The van der Waals surface area contributed by atoms with Gasteiger partial charge >= 0.3 is 0 Å². The second kappa shape index (κ2) is 5.80. The number of aromatic nitrogens is 1. The molecule has 0 unspecified atom stereocenters. The Kier molecular flexibility index (Phi) is 4.37. The van der Waals surface area contributed by atoms with Crippen LogP contribution in [0.4, 0.5) is 0 Å². The number of thioether (sulfide) groups is 1. The Hall–Kier alpha value is -0.640. The summed E-state index contributed by atoms with van der Waals surface area (Å²) in [5.74, 6) is 2.21. The third-order valence-electron chi connectivity index (χ3n) is 2.78. The number of benzene rings is 1. The van der Waals surface area contributed by atoms with Gasteiger partial charge < -0.3 is 9.67 Å². The van der Waals surface area contributed by atoms with Gasteiger partial charge in [-0.2, -0.15) is 11.8 Å². The lowest BCUT2D eigenvalue weighted by Crippen LogP contribution is -1.98. The van der Waals surface area contributed by atoms with E-state index in [1.807, 2.05) is 36.2 Å². The van der Waals surface area contributed by atoms with Gasteiger partial charge in [0.05, 0.1) is 6.61 Å². The second-order valence-electron chi connectivity index (χ2n) is 3.86. The lowest BCUT2D eigenvalue weighted by molar-refractivity contribution is 0.283. The number of aliphatic hydroxyl groups excluding tert-OH is 1. The SMILES string of the molecule is CCSCCn1cc(CO)c2ccc(Cl)cc21. The van der Waals surface area contributed by atoms with Crippen LogP contribution in [0.25, 0.3) is 10.9 Å². The van der Waals surface area contributed by atoms with Crippen LogP contribution in [0, 0.1) is 0 Å². The maximum absolute atomic E-state index is 9.34. The van der Waals surface area contributed by atoms with E-state index >= 15 is 0 Å². The summed E-state index contributed by atoms with van der Waals surface area (Å²) < 4.78 is 2.18. The predicted octanol–water partition coefficient (Wildman–Crippen LogP) is 3.54. The van der Waals surface area contributed by atoms with Crippen molar-refractivity contribution in [2.75, 3.05) is 11.5 Å². The molecule has 0 bridgehead atoms. The third-order valence-corrected chi connectivity index (χ3v) is 3.89. The maximum atomic E-state index is 9.34. The molecule has 0 saturated carbocycles. The van der Waals surface area contributed by atoms with Crippen molar-refractivity contribution < 1.29 is 5.11 Å². The molecule has 17 heavy (non-hydrogen) atoms. The summed E-state index contributed by atoms with van der Waals surface area (Å²) in [6, 6.07) is 5.81. The molecule has 1 aromatic heterocycles. The zero-order valence-electron chi connectivity index (χ0n) is 9.82. The van der Waals surface area contributed by atoms with E-state index in [0.717, 1.165) is 39.5 Å². The molecular weight excluding hydrogens is 254 g/mol. The Morgan fingerprint density at radius 3 is 2.94 bits per heavy atom. The van der Waals surface area contributed by atoms with E-state index in [1.54, 1.807) is 0 Å². The summed E-state index contributed by atoms with van der Waals surface area (Å²) in [5, 5.41) is 11.2. The van der Waals surface area contributed by atoms with Crippen LogP contribution in [0.2, 0.25) is 5.02 Å². The van der Waals surface area contributed by atoms with Gasteiger partial charge in [-0.15, -0.1) is 0 Å². The molecule has 1 aromatic carbocycles. The van der Waals surface area contributed by atoms with Gasteiger partial charge in [0.15, 0.2) is 0 Å². The number of aryl methyl sites for hydroxylation is 1. The van der Waals surface area contributed by atoms with Crippen LogP contribution in [0.15, 0.2) is 24.4 Å². The topological polar surface area (TPSA) is 25.2 Å². The van der Waals surface area contributed by atoms with Crippen LogP contribution in [-0.4, -0.2) is 21.2 Å². The normalized spacial score (nSPS) is 11.2. The van der Waals surface area contributed by atoms with Crippen LogP contribution >= 0.6 is 23.4 Å². The number of rotatable bonds is 5. The fourth-order valence-corrected chi connectivity index (χ4v) is 2.74. The maximum Gasteiger partial charge on any atom is 0.0702 e. The summed E-state index contributed by atoms with van der Waals surface area (Å²) in [5.41, 5.74) is 2.08. The number of hydrogen-bond acceptors (Lipinski definition) is 2. The van der Waals surface area contributed by atoms with Gasteiger partial charge in [-0.05, 0) is 17.9 Å². The Morgan fingerprint density at radius 1 is 1.41 bits per heavy atom. The van der Waals surface area contributed by atoms with Gasteiger partial charge in [-0.25, -0.2) is 0 Å². The molecule has 1 N–H and O–H groups in total. The zero-order valence-corrected chi connectivity index (χ0v) is 11.4. The molecule has 0 aliphatic rings. The van der Waals surface area contributed by atoms with Crippen molar-refractivity contribution in [1.82, 2.24) is 4.57 Å². The Labute approximate surface area is 111 Å². The van der Waals surface area contributed by atoms with Crippen molar-refractivity contribution in [1.29, 1.82) is 0 Å². The van der Waals surface area contributed by atoms with Crippen LogP contribution < -0.4 is 0 Å². The average molecular weight is 270 g/mol. The Bertz CT molecular complexity index is 509. The fourth-order valence-electron chi connectivity index (χ4n) is 1.96. The minimum absolute atomic E-state index is 0.0754. The van der Waals surface area contributed by atoms with Crippen LogP contribution in [-0.2, 0) is 13.2 Å². The minimum Gasteiger partial charge on any atom is -0.392 e. The first-order chi connectivity index (χ1) is 8.26. The molecule has 0 spiro atoms. The highest BCUT2D eigenvalue weighted by molar-refractivity contribution is 7.99. The molecule has 2 nitrogen and oxygen atoms in total. The smallest absolute Gasteiger partial charge is 0.0702 e. The van der Waals surface area contributed by atoms with E-state index in [0.29, 0.717) is 0 Å².